The molecule has 0 aromatic rings. The number of rotatable bonds is 7. The first-order chi connectivity index (χ1) is 9.11. The molecule has 4 atom stereocenters. The minimum atomic E-state index is -3.16. The van der Waals surface area contributed by atoms with E-state index in [1.807, 2.05) is 0 Å². The number of aliphatic hydroxyl groups excluding tert-OH is 1. The summed E-state index contributed by atoms with van der Waals surface area (Å²) in [5, 5.41) is 47.0. The molecule has 0 bridgehead atoms. The SMILES string of the molecule is CC(O)C(=O)C(C)(O)C(=O)C(C)(O)C(=O)C(C)(O)C(=O)O. The van der Waals surface area contributed by atoms with Gasteiger partial charge in [0, 0.05) is 0 Å². The number of hydrogen-bond donors (Lipinski definition) is 5. The van der Waals surface area contributed by atoms with Crippen molar-refractivity contribution < 1.29 is 44.7 Å². The van der Waals surface area contributed by atoms with Gasteiger partial charge in [0.2, 0.25) is 17.2 Å². The van der Waals surface area contributed by atoms with E-state index in [1.165, 1.54) is 0 Å². The molecule has 0 aliphatic rings. The summed E-state index contributed by atoms with van der Waals surface area (Å²) in [6.45, 7) is 2.67. The smallest absolute Gasteiger partial charge is 0.343 e. The monoisotopic (exact) mass is 306 g/mol. The van der Waals surface area contributed by atoms with Crippen LogP contribution < -0.4 is 0 Å². The highest BCUT2D eigenvalue weighted by Crippen LogP contribution is 2.24. The molecule has 0 aromatic carbocycles. The maximum Gasteiger partial charge on any atom is 0.343 e. The molecule has 0 spiro atoms. The van der Waals surface area contributed by atoms with E-state index in [4.69, 9.17) is 10.2 Å². The quantitative estimate of drug-likeness (QED) is 0.317. The zero-order valence-corrected chi connectivity index (χ0v) is 11.9. The van der Waals surface area contributed by atoms with Crippen LogP contribution in [0.3, 0.4) is 0 Å². The molecule has 0 rings (SSSR count). The Morgan fingerprint density at radius 1 is 0.810 bits per heavy atom. The lowest BCUT2D eigenvalue weighted by atomic mass is 9.77. The van der Waals surface area contributed by atoms with Crippen molar-refractivity contribution in [2.75, 3.05) is 0 Å². The molecule has 0 aliphatic carbocycles. The number of aliphatic hydroxyl groups is 4. The lowest BCUT2D eigenvalue weighted by Gasteiger charge is -2.32. The average molecular weight is 306 g/mol. The van der Waals surface area contributed by atoms with Crippen LogP contribution in [0.5, 0.6) is 0 Å². The lowest BCUT2D eigenvalue weighted by molar-refractivity contribution is -0.179. The van der Waals surface area contributed by atoms with E-state index in [0.29, 0.717) is 20.8 Å². The van der Waals surface area contributed by atoms with E-state index in [-0.39, 0.29) is 0 Å². The van der Waals surface area contributed by atoms with E-state index in [2.05, 4.69) is 0 Å². The van der Waals surface area contributed by atoms with Crippen LogP contribution in [0.4, 0.5) is 0 Å². The maximum atomic E-state index is 12.0. The highest BCUT2D eigenvalue weighted by molar-refractivity contribution is 6.26. The van der Waals surface area contributed by atoms with Crippen LogP contribution >= 0.6 is 0 Å². The fraction of sp³-hybridized carbons (Fsp3) is 0.667. The summed E-state index contributed by atoms with van der Waals surface area (Å²) >= 11 is 0. The lowest BCUT2D eigenvalue weighted by Crippen LogP contribution is -2.64. The Labute approximate surface area is 119 Å². The minimum absolute atomic E-state index is 0.532. The van der Waals surface area contributed by atoms with Crippen LogP contribution in [0.15, 0.2) is 0 Å². The van der Waals surface area contributed by atoms with E-state index in [1.54, 1.807) is 0 Å². The fourth-order valence-electron chi connectivity index (χ4n) is 1.67. The molecule has 0 aliphatic heterocycles. The molecule has 120 valence electrons. The van der Waals surface area contributed by atoms with Gasteiger partial charge in [0.1, 0.15) is 6.10 Å². The molecule has 0 radical (unpaired) electrons. The highest BCUT2D eigenvalue weighted by atomic mass is 16.4. The van der Waals surface area contributed by atoms with E-state index in [0.717, 1.165) is 6.92 Å². The number of carboxylic acids is 1. The van der Waals surface area contributed by atoms with Crippen molar-refractivity contribution in [3.05, 3.63) is 0 Å². The minimum Gasteiger partial charge on any atom is -0.479 e. The summed E-state index contributed by atoms with van der Waals surface area (Å²) in [6.07, 6.45) is -1.77. The molecule has 0 heterocycles. The van der Waals surface area contributed by atoms with E-state index < -0.39 is 46.2 Å². The molecule has 9 heteroatoms. The number of ketones is 3. The Kier molecular flexibility index (Phi) is 5.15. The topological polar surface area (TPSA) is 169 Å². The van der Waals surface area contributed by atoms with Gasteiger partial charge < -0.3 is 25.5 Å². The van der Waals surface area contributed by atoms with Crippen LogP contribution in [-0.2, 0) is 19.2 Å². The van der Waals surface area contributed by atoms with Crippen molar-refractivity contribution in [3.63, 3.8) is 0 Å². The van der Waals surface area contributed by atoms with E-state index in [9.17, 15) is 34.5 Å². The predicted molar refractivity (Wildman–Crippen MR) is 66.2 cm³/mol. The van der Waals surface area contributed by atoms with E-state index >= 15 is 0 Å². The van der Waals surface area contributed by atoms with Gasteiger partial charge in [-0.05, 0) is 27.7 Å². The summed E-state index contributed by atoms with van der Waals surface area (Å²) in [5.74, 6) is -7.00. The van der Waals surface area contributed by atoms with Crippen LogP contribution in [-0.4, -0.2) is 71.8 Å². The number of hydrogen-bond acceptors (Lipinski definition) is 8. The molecular weight excluding hydrogens is 288 g/mol. The second kappa shape index (κ2) is 5.60. The van der Waals surface area contributed by atoms with Crippen molar-refractivity contribution in [1.82, 2.24) is 0 Å². The zero-order chi connectivity index (χ0) is 17.4. The Balaban J connectivity index is 5.73. The summed E-state index contributed by atoms with van der Waals surface area (Å²) in [7, 11) is 0. The van der Waals surface area contributed by atoms with Crippen LogP contribution in [0.25, 0.3) is 0 Å². The van der Waals surface area contributed by atoms with Gasteiger partial charge in [0.05, 0.1) is 0 Å². The molecule has 9 nitrogen and oxygen atoms in total. The Bertz CT molecular complexity index is 485. The molecule has 0 saturated carbocycles. The van der Waals surface area contributed by atoms with Crippen molar-refractivity contribution in [3.8, 4) is 0 Å². The van der Waals surface area contributed by atoms with Crippen LogP contribution in [0, 0.1) is 0 Å². The zero-order valence-electron chi connectivity index (χ0n) is 11.9. The van der Waals surface area contributed by atoms with Gasteiger partial charge in [-0.25, -0.2) is 4.79 Å². The van der Waals surface area contributed by atoms with Crippen molar-refractivity contribution in [1.29, 1.82) is 0 Å². The first-order valence-electron chi connectivity index (χ1n) is 5.84. The molecule has 5 N–H and O–H groups in total. The number of Topliss-reactive ketones (excluding diaryl/α,β-unsaturated/α-hetero) is 3. The third-order valence-corrected chi connectivity index (χ3v) is 3.04. The molecular formula is C12H18O9. The molecule has 0 amide bonds. The number of carbonyl (C=O) groups excluding carboxylic acids is 3. The third kappa shape index (κ3) is 3.32. The first-order valence-corrected chi connectivity index (χ1v) is 5.84. The van der Waals surface area contributed by atoms with Gasteiger partial charge in [-0.2, -0.15) is 0 Å². The van der Waals surface area contributed by atoms with Crippen LogP contribution in [0.2, 0.25) is 0 Å². The van der Waals surface area contributed by atoms with Gasteiger partial charge >= 0.3 is 5.97 Å². The molecule has 21 heavy (non-hydrogen) atoms. The highest BCUT2D eigenvalue weighted by Gasteiger charge is 2.58. The Morgan fingerprint density at radius 3 is 1.43 bits per heavy atom. The summed E-state index contributed by atoms with van der Waals surface area (Å²) in [4.78, 5) is 46.1. The van der Waals surface area contributed by atoms with Gasteiger partial charge in [-0.3, -0.25) is 14.4 Å². The van der Waals surface area contributed by atoms with Gasteiger partial charge in [-0.1, -0.05) is 0 Å². The van der Waals surface area contributed by atoms with Gasteiger partial charge in [-0.15, -0.1) is 0 Å². The summed E-state index contributed by atoms with van der Waals surface area (Å²) in [5.41, 5.74) is -9.21. The normalized spacial score (nSPS) is 21.3. The predicted octanol–water partition coefficient (Wildman–Crippen LogP) is -2.59. The van der Waals surface area contributed by atoms with Crippen molar-refractivity contribution >= 4 is 23.3 Å². The van der Waals surface area contributed by atoms with Crippen molar-refractivity contribution in [2.45, 2.75) is 50.6 Å². The molecule has 0 aromatic heterocycles. The average Bonchev–Trinajstić information content (AvgIpc) is 2.35. The number of carbonyl (C=O) groups is 4. The maximum absolute atomic E-state index is 12.0. The fourth-order valence-corrected chi connectivity index (χ4v) is 1.67. The van der Waals surface area contributed by atoms with Crippen molar-refractivity contribution in [2.24, 2.45) is 0 Å². The second-order valence-corrected chi connectivity index (χ2v) is 5.22. The number of carboxylic acid groups (broad SMARTS) is 1. The first kappa shape index (κ1) is 19.3. The molecule has 0 saturated heterocycles. The second-order valence-electron chi connectivity index (χ2n) is 5.22. The van der Waals surface area contributed by atoms with Gasteiger partial charge in [0.15, 0.2) is 17.0 Å². The Morgan fingerprint density at radius 2 is 1.14 bits per heavy atom. The van der Waals surface area contributed by atoms with Crippen LogP contribution in [0.1, 0.15) is 27.7 Å². The molecule has 4 unspecified atom stereocenters. The standard InChI is InChI=1S/C12H18O9/c1-5(13)6(14)10(2,19)7(15)11(3,20)8(16)12(4,21)9(17)18/h5,13,19-21H,1-4H3,(H,17,18). The number of aliphatic carboxylic acids is 1. The third-order valence-electron chi connectivity index (χ3n) is 3.04. The molecule has 0 fully saturated rings. The largest absolute Gasteiger partial charge is 0.479 e. The summed E-state index contributed by atoms with van der Waals surface area (Å²) in [6, 6.07) is 0. The summed E-state index contributed by atoms with van der Waals surface area (Å²) < 4.78 is 0. The van der Waals surface area contributed by atoms with Gasteiger partial charge in [0.25, 0.3) is 0 Å². The Hall–Kier alpha value is -1.68.